The van der Waals surface area contributed by atoms with Crippen LogP contribution < -0.4 is 20.7 Å². The predicted molar refractivity (Wildman–Crippen MR) is 298 cm³/mol. The van der Waals surface area contributed by atoms with E-state index in [0.29, 0.717) is 11.8 Å². The number of hydrogen-bond acceptors (Lipinski definition) is 0. The van der Waals surface area contributed by atoms with Gasteiger partial charge in [0.2, 0.25) is 0 Å². The van der Waals surface area contributed by atoms with Gasteiger partial charge < -0.3 is 0 Å². The van der Waals surface area contributed by atoms with Crippen molar-refractivity contribution in [1.82, 2.24) is 0 Å². The number of hydrogen-bond donors (Lipinski definition) is 0. The van der Waals surface area contributed by atoms with E-state index >= 15 is 0 Å². The monoisotopic (exact) mass is 1030 g/mol. The van der Waals surface area contributed by atoms with Gasteiger partial charge in [0.05, 0.1) is 32.3 Å². The van der Waals surface area contributed by atoms with E-state index in [1.807, 2.05) is 0 Å². The minimum atomic E-state index is -1.39. The predicted octanol–water partition coefficient (Wildman–Crippen LogP) is 16.2. The molecular weight excluding hydrogens is 951 g/mol. The van der Waals surface area contributed by atoms with Gasteiger partial charge in [0.1, 0.15) is 0 Å². The molecule has 0 aliphatic rings. The Hall–Kier alpha value is -1.35. The molecule has 0 N–H and O–H groups in total. The van der Waals surface area contributed by atoms with Crippen LogP contribution in [0, 0.1) is 0 Å². The van der Waals surface area contributed by atoms with Gasteiger partial charge in [0.25, 0.3) is 0 Å². The summed E-state index contributed by atoms with van der Waals surface area (Å²) in [5, 5.41) is 12.0. The molecule has 6 aromatic rings. The molecule has 0 aromatic heterocycles. The third kappa shape index (κ3) is 14.3. The molecule has 0 heterocycles. The second-order valence-electron chi connectivity index (χ2n) is 22.0. The summed E-state index contributed by atoms with van der Waals surface area (Å²) in [7, 11) is 5.38. The standard InChI is InChI=1S/2C26H37Si2.C2H6Si.2ClH.Zr/c2*1-10-19-11-12-20-13-21(18(2)3)16-25(20)26(19)22-14-23(27(4,5)6)17-24(15-22)28(7,8)9;1-3-2;;;/h2*11-18H,10H2,1-9H3;1-2H3;2*1H;/q2*-1;;;;+4/p-2. The molecular formula is C54H80Cl2Si5Zr. The van der Waals surface area contributed by atoms with Gasteiger partial charge in [-0.05, 0) is 35.8 Å². The molecule has 0 spiro atoms. The number of halogens is 2. The van der Waals surface area contributed by atoms with Crippen LogP contribution >= 0.6 is 17.0 Å². The van der Waals surface area contributed by atoms with E-state index < -0.39 is 53.1 Å². The van der Waals surface area contributed by atoms with Crippen molar-refractivity contribution < 1.29 is 20.8 Å². The van der Waals surface area contributed by atoms with Crippen molar-refractivity contribution >= 4 is 101 Å². The van der Waals surface area contributed by atoms with E-state index in [9.17, 15) is 0 Å². The molecule has 0 amide bonds. The first-order valence-corrected chi connectivity index (χ1v) is 45.3. The molecule has 0 fully saturated rings. The second kappa shape index (κ2) is 22.9. The SMILES string of the molecule is CCc1ccc2[cH-]c(C(C)C)cc2c1-c1cc([Si](C)(C)C)cc([Si](C)(C)C)c1.CCc1ccc2[cH-]c(C(C)C)cc2c1-c1cc([Si](C)(C)C)cc([Si](C)(C)C)c1.C[Si]C.[Cl][Zr+2][Cl]. The van der Waals surface area contributed by atoms with E-state index in [-0.39, 0.29) is 0 Å². The van der Waals surface area contributed by atoms with Crippen LogP contribution in [-0.2, 0) is 33.7 Å². The van der Waals surface area contributed by atoms with Gasteiger partial charge in [-0.15, -0.1) is 69.1 Å². The van der Waals surface area contributed by atoms with E-state index in [2.05, 4.69) is 218 Å². The molecule has 62 heavy (non-hydrogen) atoms. The Morgan fingerprint density at radius 2 is 0.742 bits per heavy atom. The fraction of sp³-hybridized carbons (Fsp3) is 0.444. The van der Waals surface area contributed by atoms with Gasteiger partial charge in [-0.3, -0.25) is 0 Å². The van der Waals surface area contributed by atoms with Gasteiger partial charge in [0.15, 0.2) is 0 Å². The number of aryl methyl sites for hydroxylation is 2. The summed E-state index contributed by atoms with van der Waals surface area (Å²) in [5.74, 6) is 1.13. The maximum absolute atomic E-state index is 4.93. The van der Waals surface area contributed by atoms with E-state index in [1.54, 1.807) is 20.7 Å². The first-order chi connectivity index (χ1) is 28.7. The zero-order chi connectivity index (χ0) is 47.1. The molecule has 0 aliphatic carbocycles. The van der Waals surface area contributed by atoms with E-state index in [0.717, 1.165) is 22.4 Å². The number of rotatable bonds is 10. The summed E-state index contributed by atoms with van der Waals surface area (Å²) in [6.45, 7) is 47.7. The van der Waals surface area contributed by atoms with Gasteiger partial charge >= 0.3 is 37.9 Å². The van der Waals surface area contributed by atoms with Crippen LogP contribution in [0.2, 0.25) is 91.7 Å². The van der Waals surface area contributed by atoms with Crippen molar-refractivity contribution in [2.75, 3.05) is 0 Å². The van der Waals surface area contributed by atoms with Crippen LogP contribution in [0.25, 0.3) is 43.8 Å². The van der Waals surface area contributed by atoms with Gasteiger partial charge in [-0.25, -0.2) is 0 Å². The average molecular weight is 1030 g/mol. The fourth-order valence-corrected chi connectivity index (χ4v) is 12.9. The van der Waals surface area contributed by atoms with Crippen molar-refractivity contribution in [2.24, 2.45) is 0 Å². The molecule has 0 saturated heterocycles. The van der Waals surface area contributed by atoms with Gasteiger partial charge in [-0.2, -0.15) is 12.1 Å². The van der Waals surface area contributed by atoms with Crippen molar-refractivity contribution in [2.45, 2.75) is 158 Å². The zero-order valence-corrected chi connectivity index (χ0v) is 51.4. The number of benzene rings is 4. The molecule has 0 bridgehead atoms. The Labute approximate surface area is 405 Å². The van der Waals surface area contributed by atoms with E-state index in [4.69, 9.17) is 17.0 Å². The third-order valence-corrected chi connectivity index (χ3v) is 20.1. The Morgan fingerprint density at radius 1 is 0.484 bits per heavy atom. The summed E-state index contributed by atoms with van der Waals surface area (Å²) in [5.41, 5.74) is 11.7. The Balaban J connectivity index is 0.000000293. The van der Waals surface area contributed by atoms with Crippen LogP contribution in [0.3, 0.4) is 0 Å². The summed E-state index contributed by atoms with van der Waals surface area (Å²) in [4.78, 5) is 0. The van der Waals surface area contributed by atoms with Crippen LogP contribution in [-0.4, -0.2) is 41.8 Å². The Kier molecular flexibility index (Phi) is 20.3. The molecule has 334 valence electrons. The van der Waals surface area contributed by atoms with E-state index in [1.165, 1.54) is 66.1 Å². The average Bonchev–Trinajstić information content (AvgIpc) is 3.82. The topological polar surface area (TPSA) is 0 Å². The second-order valence-corrected chi connectivity index (χ2v) is 47.0. The first kappa shape index (κ1) is 55.0. The maximum atomic E-state index is 4.93. The molecule has 0 aliphatic heterocycles. The summed E-state index contributed by atoms with van der Waals surface area (Å²) in [6.07, 6.45) is 2.15. The normalized spacial score (nSPS) is 12.1. The van der Waals surface area contributed by atoms with Crippen LogP contribution in [0.1, 0.15) is 75.6 Å². The van der Waals surface area contributed by atoms with Crippen LogP contribution in [0.4, 0.5) is 0 Å². The molecule has 0 saturated carbocycles. The van der Waals surface area contributed by atoms with Crippen LogP contribution in [0.5, 0.6) is 0 Å². The van der Waals surface area contributed by atoms with Crippen molar-refractivity contribution in [3.63, 3.8) is 0 Å². The molecule has 6 aromatic carbocycles. The summed E-state index contributed by atoms with van der Waals surface area (Å²) in [6, 6.07) is 34.2. The molecule has 6 rings (SSSR count). The molecule has 0 unspecified atom stereocenters. The van der Waals surface area contributed by atoms with Crippen molar-refractivity contribution in [3.05, 3.63) is 107 Å². The molecule has 0 nitrogen and oxygen atoms in total. The summed E-state index contributed by atoms with van der Waals surface area (Å²) < 4.78 is 0. The zero-order valence-electron chi connectivity index (χ0n) is 42.4. The molecule has 0 atom stereocenters. The Bertz CT molecular complexity index is 2140. The fourth-order valence-electron chi connectivity index (χ4n) is 7.91. The minimum absolute atomic E-state index is 0.566. The van der Waals surface area contributed by atoms with Crippen LogP contribution in [0.15, 0.2) is 84.9 Å². The van der Waals surface area contributed by atoms with Crippen molar-refractivity contribution in [1.29, 1.82) is 0 Å². The summed E-state index contributed by atoms with van der Waals surface area (Å²) >= 11 is -0.826. The van der Waals surface area contributed by atoms with Gasteiger partial charge in [-0.1, -0.05) is 213 Å². The Morgan fingerprint density at radius 3 is 0.952 bits per heavy atom. The third-order valence-electron chi connectivity index (χ3n) is 12.0. The van der Waals surface area contributed by atoms with Gasteiger partial charge in [0, 0.05) is 9.52 Å². The van der Waals surface area contributed by atoms with Crippen molar-refractivity contribution in [3.8, 4) is 22.3 Å². The molecule has 8 heteroatoms. The molecule has 2 radical (unpaired) electrons. The number of fused-ring (bicyclic) bond motifs is 2. The first-order valence-electron chi connectivity index (χ1n) is 23.0. The quantitative estimate of drug-likeness (QED) is 0.0947.